The predicted molar refractivity (Wildman–Crippen MR) is 128 cm³/mol. The molecular weight excluding hydrogens is 467 g/mol. The topological polar surface area (TPSA) is 38.8 Å². The van der Waals surface area contributed by atoms with Crippen molar-refractivity contribution in [2.24, 2.45) is 0 Å². The van der Waals surface area contributed by atoms with Gasteiger partial charge in [0.25, 0.3) is 0 Å². The Morgan fingerprint density at radius 2 is 1.58 bits per heavy atom. The largest absolute Gasteiger partial charge is 0.448 e. The number of carbonyl (C=O) groups excluding carboxylic acids is 1. The van der Waals surface area contributed by atoms with Crippen molar-refractivity contribution in [1.29, 1.82) is 0 Å². The predicted octanol–water partition coefficient (Wildman–Crippen LogP) is 6.00. The van der Waals surface area contributed by atoms with Gasteiger partial charge in [-0.3, -0.25) is 4.90 Å². The van der Waals surface area contributed by atoms with Crippen molar-refractivity contribution in [3.63, 3.8) is 0 Å². The molecule has 3 aromatic rings. The van der Waals surface area contributed by atoms with Gasteiger partial charge < -0.3 is 9.47 Å². The molecule has 2 atom stereocenters. The van der Waals surface area contributed by atoms with E-state index in [4.69, 9.17) is 9.47 Å². The number of nitrogens with zero attached hydrogens (tertiary/aromatic N) is 1. The number of hydrogen-bond donors (Lipinski definition) is 0. The fourth-order valence-corrected chi connectivity index (χ4v) is 5.71. The van der Waals surface area contributed by atoms with Crippen LogP contribution in [-0.4, -0.2) is 42.9 Å². The van der Waals surface area contributed by atoms with Gasteiger partial charge in [0.1, 0.15) is 12.4 Å². The number of carbonyl (C=O) groups is 1. The third kappa shape index (κ3) is 3.97. The first-order valence-electron chi connectivity index (χ1n) is 12.0. The summed E-state index contributed by atoms with van der Waals surface area (Å²) in [6.45, 7) is 0.850. The second kappa shape index (κ2) is 9.13. The van der Waals surface area contributed by atoms with Crippen LogP contribution in [0.4, 0.5) is 18.0 Å². The lowest BCUT2D eigenvalue weighted by Gasteiger charge is -2.44. The fraction of sp³-hybridized carbons (Fsp3) is 0.276. The van der Waals surface area contributed by atoms with Crippen LogP contribution in [0.2, 0.25) is 0 Å². The number of ether oxygens (including phenoxy) is 2. The summed E-state index contributed by atoms with van der Waals surface area (Å²) in [6, 6.07) is 17.2. The van der Waals surface area contributed by atoms with Crippen LogP contribution < -0.4 is 0 Å². The van der Waals surface area contributed by atoms with Crippen LogP contribution in [0.1, 0.15) is 29.0 Å². The molecule has 0 spiro atoms. The first-order chi connectivity index (χ1) is 17.5. The number of benzene rings is 3. The Bertz CT molecular complexity index is 1330. The summed E-state index contributed by atoms with van der Waals surface area (Å²) >= 11 is 0. The first-order valence-corrected chi connectivity index (χ1v) is 12.0. The Labute approximate surface area is 206 Å². The van der Waals surface area contributed by atoms with Crippen molar-refractivity contribution in [3.05, 3.63) is 106 Å². The Morgan fingerprint density at radius 3 is 2.28 bits per heavy atom. The standard InChI is InChI=1S/C29H24F3NO3/c30-26-13-28(32)27(31)12-18(26)9-17-10-19-14-35-15-20(11-17)33(19)29(34)36-16-25-23-7-3-1-5-21(23)22-6-2-4-8-24(22)25/h1-8,10,12-13,19-20,25H,9,11,14-16H2. The molecule has 1 saturated heterocycles. The van der Waals surface area contributed by atoms with E-state index >= 15 is 0 Å². The van der Waals surface area contributed by atoms with E-state index in [-0.39, 0.29) is 36.6 Å². The van der Waals surface area contributed by atoms with Crippen molar-refractivity contribution in [3.8, 4) is 11.1 Å². The summed E-state index contributed by atoms with van der Waals surface area (Å²) in [5, 5.41) is 0. The van der Waals surface area contributed by atoms with Crippen molar-refractivity contribution >= 4 is 6.09 Å². The van der Waals surface area contributed by atoms with Gasteiger partial charge in [-0.1, -0.05) is 60.2 Å². The third-order valence-corrected chi connectivity index (χ3v) is 7.33. The van der Waals surface area contributed by atoms with Crippen LogP contribution in [0, 0.1) is 17.5 Å². The summed E-state index contributed by atoms with van der Waals surface area (Å²) in [7, 11) is 0. The number of amides is 1. The average Bonchev–Trinajstić information content (AvgIpc) is 3.19. The van der Waals surface area contributed by atoms with E-state index in [0.717, 1.165) is 33.9 Å². The molecule has 2 unspecified atom stereocenters. The molecule has 2 heterocycles. The van der Waals surface area contributed by atoms with Gasteiger partial charge >= 0.3 is 6.09 Å². The number of rotatable bonds is 4. The Hall–Kier alpha value is -3.58. The third-order valence-electron chi connectivity index (χ3n) is 7.33. The first kappa shape index (κ1) is 22.9. The van der Waals surface area contributed by atoms with Crippen molar-refractivity contribution < 1.29 is 27.4 Å². The molecule has 4 nitrogen and oxygen atoms in total. The van der Waals surface area contributed by atoms with Gasteiger partial charge in [-0.2, -0.15) is 0 Å². The van der Waals surface area contributed by atoms with E-state index in [2.05, 4.69) is 24.3 Å². The Balaban J connectivity index is 1.19. The number of morpholine rings is 1. The van der Waals surface area contributed by atoms with Gasteiger partial charge in [0.05, 0.1) is 25.3 Å². The second-order valence-electron chi connectivity index (χ2n) is 9.53. The maximum absolute atomic E-state index is 14.2. The van der Waals surface area contributed by atoms with Gasteiger partial charge in [-0.25, -0.2) is 18.0 Å². The summed E-state index contributed by atoms with van der Waals surface area (Å²) in [6.07, 6.45) is 2.04. The highest BCUT2D eigenvalue weighted by molar-refractivity contribution is 5.79. The molecule has 2 bridgehead atoms. The lowest BCUT2D eigenvalue weighted by molar-refractivity contribution is -0.0364. The molecule has 0 aromatic heterocycles. The van der Waals surface area contributed by atoms with Crippen LogP contribution in [0.25, 0.3) is 11.1 Å². The van der Waals surface area contributed by atoms with Gasteiger partial charge in [0, 0.05) is 12.0 Å². The number of halogens is 3. The summed E-state index contributed by atoms with van der Waals surface area (Å²) in [5.74, 6) is -3.10. The second-order valence-corrected chi connectivity index (χ2v) is 9.53. The molecule has 6 rings (SSSR count). The van der Waals surface area contributed by atoms with Gasteiger partial charge in [-0.15, -0.1) is 0 Å². The smallest absolute Gasteiger partial charge is 0.410 e. The van der Waals surface area contributed by atoms with Gasteiger partial charge in [-0.05, 0) is 46.7 Å². The van der Waals surface area contributed by atoms with E-state index in [0.29, 0.717) is 25.7 Å². The molecule has 7 heteroatoms. The van der Waals surface area contributed by atoms with E-state index in [1.165, 1.54) is 0 Å². The summed E-state index contributed by atoms with van der Waals surface area (Å²) < 4.78 is 52.7. The minimum atomic E-state index is -1.21. The van der Waals surface area contributed by atoms with E-state index in [1.807, 2.05) is 30.3 Å². The quantitative estimate of drug-likeness (QED) is 0.332. The van der Waals surface area contributed by atoms with E-state index in [1.54, 1.807) is 4.90 Å². The monoisotopic (exact) mass is 491 g/mol. The zero-order valence-electron chi connectivity index (χ0n) is 19.4. The maximum Gasteiger partial charge on any atom is 0.410 e. The molecule has 3 aromatic carbocycles. The molecule has 0 radical (unpaired) electrons. The van der Waals surface area contributed by atoms with Crippen molar-refractivity contribution in [1.82, 2.24) is 4.90 Å². The normalized spacial score (nSPS) is 20.5. The molecule has 0 saturated carbocycles. The van der Waals surface area contributed by atoms with Crippen molar-refractivity contribution in [2.75, 3.05) is 19.8 Å². The molecule has 184 valence electrons. The number of fused-ring (bicyclic) bond motifs is 5. The molecular formula is C29H24F3NO3. The molecule has 36 heavy (non-hydrogen) atoms. The zero-order valence-corrected chi connectivity index (χ0v) is 19.4. The summed E-state index contributed by atoms with van der Waals surface area (Å²) in [5.41, 5.74) is 5.56. The van der Waals surface area contributed by atoms with Gasteiger partial charge in [0.2, 0.25) is 0 Å². The summed E-state index contributed by atoms with van der Waals surface area (Å²) in [4.78, 5) is 15.0. The fourth-order valence-electron chi connectivity index (χ4n) is 5.71. The van der Waals surface area contributed by atoms with Crippen LogP contribution in [0.15, 0.2) is 72.3 Å². The minimum Gasteiger partial charge on any atom is -0.448 e. The highest BCUT2D eigenvalue weighted by atomic mass is 19.2. The minimum absolute atomic E-state index is 0.0373. The zero-order chi connectivity index (χ0) is 24.8. The van der Waals surface area contributed by atoms with E-state index < -0.39 is 23.5 Å². The van der Waals surface area contributed by atoms with Crippen LogP contribution >= 0.6 is 0 Å². The van der Waals surface area contributed by atoms with Crippen LogP contribution in [-0.2, 0) is 15.9 Å². The Morgan fingerprint density at radius 1 is 0.917 bits per heavy atom. The number of hydrogen-bond acceptors (Lipinski definition) is 3. The molecule has 1 fully saturated rings. The van der Waals surface area contributed by atoms with Crippen LogP contribution in [0.3, 0.4) is 0 Å². The SMILES string of the molecule is O=C(OCC1c2ccccc2-c2ccccc21)N1C2C=C(Cc3cc(F)c(F)cc3F)CC1COC2. The highest BCUT2D eigenvalue weighted by Gasteiger charge is 2.39. The van der Waals surface area contributed by atoms with Gasteiger partial charge in [0.15, 0.2) is 11.6 Å². The Kier molecular flexibility index (Phi) is 5.80. The molecule has 1 aliphatic carbocycles. The van der Waals surface area contributed by atoms with Crippen LogP contribution in [0.5, 0.6) is 0 Å². The lowest BCUT2D eigenvalue weighted by Crippen LogP contribution is -2.56. The lowest BCUT2D eigenvalue weighted by atomic mass is 9.90. The molecule has 1 amide bonds. The highest BCUT2D eigenvalue weighted by Crippen LogP contribution is 2.44. The van der Waals surface area contributed by atoms with Crippen molar-refractivity contribution in [2.45, 2.75) is 30.8 Å². The maximum atomic E-state index is 14.2. The molecule has 3 aliphatic rings. The average molecular weight is 492 g/mol. The molecule has 2 aliphatic heterocycles. The molecule has 0 N–H and O–H groups in total. The van der Waals surface area contributed by atoms with E-state index in [9.17, 15) is 18.0 Å².